The van der Waals surface area contributed by atoms with Crippen molar-refractivity contribution in [3.8, 4) is 11.4 Å². The maximum absolute atomic E-state index is 13.6. The van der Waals surface area contributed by atoms with Gasteiger partial charge in [0, 0.05) is 35.7 Å². The van der Waals surface area contributed by atoms with Crippen molar-refractivity contribution in [2.45, 2.75) is 39.0 Å². The highest BCUT2D eigenvalue weighted by Crippen LogP contribution is 2.44. The van der Waals surface area contributed by atoms with Gasteiger partial charge in [0.2, 0.25) is 5.60 Å². The average Bonchev–Trinajstić information content (AvgIpc) is 3.17. The first-order valence-electron chi connectivity index (χ1n) is 11.0. The number of carbonyl (C=O) groups excluding carboxylic acids is 2. The molecule has 1 aromatic carbocycles. The van der Waals surface area contributed by atoms with E-state index < -0.39 is 17.5 Å². The molecule has 2 aliphatic heterocycles. The topological polar surface area (TPSA) is 146 Å². The fourth-order valence-corrected chi connectivity index (χ4v) is 4.94. The van der Waals surface area contributed by atoms with E-state index in [-0.39, 0.29) is 56.3 Å². The highest BCUT2D eigenvalue weighted by molar-refractivity contribution is 6.04. The average molecular weight is 501 g/mol. The summed E-state index contributed by atoms with van der Waals surface area (Å²) in [4.78, 5) is 43.1. The van der Waals surface area contributed by atoms with Crippen LogP contribution in [0.15, 0.2) is 29.1 Å². The second-order valence-corrected chi connectivity index (χ2v) is 8.37. The summed E-state index contributed by atoms with van der Waals surface area (Å²) in [7, 11) is 0. The van der Waals surface area contributed by atoms with E-state index in [2.05, 4.69) is 5.32 Å². The Hall–Kier alpha value is -3.63. The van der Waals surface area contributed by atoms with Gasteiger partial charge in [-0.1, -0.05) is 13.0 Å². The van der Waals surface area contributed by atoms with Crippen LogP contribution >= 0.6 is 12.4 Å². The predicted octanol–water partition coefficient (Wildman–Crippen LogP) is 2.06. The minimum absolute atomic E-state index is 0. The zero-order chi connectivity index (χ0) is 24.2. The number of hydrogen-bond acceptors (Lipinski definition) is 9. The summed E-state index contributed by atoms with van der Waals surface area (Å²) >= 11 is 0. The maximum atomic E-state index is 13.6. The molecule has 4 N–H and O–H groups in total. The van der Waals surface area contributed by atoms with Crippen LogP contribution < -0.4 is 16.6 Å². The fourth-order valence-electron chi connectivity index (χ4n) is 4.94. The van der Waals surface area contributed by atoms with Crippen LogP contribution in [0.3, 0.4) is 0 Å². The summed E-state index contributed by atoms with van der Waals surface area (Å²) in [6.07, 6.45) is 0.110. The first-order chi connectivity index (χ1) is 16.3. The SMILES string of the molecule is CC[C@@]1(OC(C)=O)C(=O)OCc2c1cc1n(c2=O)Cc2c-1nc1cccc(N)c1c2NCCO.Cl. The van der Waals surface area contributed by atoms with Crippen molar-refractivity contribution in [2.24, 2.45) is 0 Å². The van der Waals surface area contributed by atoms with Gasteiger partial charge in [0.1, 0.15) is 6.61 Å². The number of nitrogen functional groups attached to an aromatic ring is 1. The van der Waals surface area contributed by atoms with Crippen molar-refractivity contribution in [3.63, 3.8) is 0 Å². The van der Waals surface area contributed by atoms with Gasteiger partial charge in [0.05, 0.1) is 41.3 Å². The Morgan fingerprint density at radius 2 is 2.11 bits per heavy atom. The molecule has 0 unspecified atom stereocenters. The van der Waals surface area contributed by atoms with Gasteiger partial charge in [0.15, 0.2) is 0 Å². The molecule has 0 aliphatic carbocycles. The van der Waals surface area contributed by atoms with Crippen LogP contribution in [0, 0.1) is 0 Å². The van der Waals surface area contributed by atoms with E-state index in [1.54, 1.807) is 29.7 Å². The van der Waals surface area contributed by atoms with Gasteiger partial charge >= 0.3 is 11.9 Å². The Kier molecular flexibility index (Phi) is 6.20. The van der Waals surface area contributed by atoms with Gasteiger partial charge in [-0.25, -0.2) is 9.78 Å². The van der Waals surface area contributed by atoms with Crippen molar-refractivity contribution in [1.29, 1.82) is 0 Å². The fraction of sp³-hybridized carbons (Fsp3) is 0.333. The van der Waals surface area contributed by atoms with Gasteiger partial charge < -0.3 is 30.2 Å². The van der Waals surface area contributed by atoms with E-state index in [0.717, 1.165) is 5.56 Å². The monoisotopic (exact) mass is 500 g/mol. The van der Waals surface area contributed by atoms with E-state index in [1.165, 1.54) is 6.92 Å². The van der Waals surface area contributed by atoms with Crippen molar-refractivity contribution in [1.82, 2.24) is 9.55 Å². The Bertz CT molecular complexity index is 1440. The summed E-state index contributed by atoms with van der Waals surface area (Å²) in [6, 6.07) is 7.09. The van der Waals surface area contributed by atoms with Gasteiger partial charge in [-0.2, -0.15) is 0 Å². The smallest absolute Gasteiger partial charge is 0.355 e. The number of aliphatic hydroxyl groups excluding tert-OH is 1. The molecule has 11 heteroatoms. The van der Waals surface area contributed by atoms with Crippen molar-refractivity contribution < 1.29 is 24.2 Å². The molecule has 0 saturated heterocycles. The van der Waals surface area contributed by atoms with Crippen LogP contribution in [-0.4, -0.2) is 39.7 Å². The number of fused-ring (bicyclic) bond motifs is 5. The second-order valence-electron chi connectivity index (χ2n) is 8.37. The summed E-state index contributed by atoms with van der Waals surface area (Å²) in [5, 5.41) is 13.3. The third kappa shape index (κ3) is 3.52. The van der Waals surface area contributed by atoms with Crippen molar-refractivity contribution in [3.05, 3.63) is 51.3 Å². The molecule has 2 aromatic heterocycles. The lowest BCUT2D eigenvalue weighted by molar-refractivity contribution is -0.188. The molecule has 0 radical (unpaired) electrons. The largest absolute Gasteiger partial charge is 0.457 e. The van der Waals surface area contributed by atoms with Gasteiger partial charge in [-0.15, -0.1) is 12.4 Å². The molecule has 4 heterocycles. The van der Waals surface area contributed by atoms with Crippen molar-refractivity contribution in [2.75, 3.05) is 24.2 Å². The number of ether oxygens (including phenoxy) is 2. The number of rotatable bonds is 5. The predicted molar refractivity (Wildman–Crippen MR) is 131 cm³/mol. The van der Waals surface area contributed by atoms with E-state index >= 15 is 0 Å². The van der Waals surface area contributed by atoms with Gasteiger partial charge in [0.25, 0.3) is 5.56 Å². The zero-order valence-electron chi connectivity index (χ0n) is 19.2. The molecule has 10 nitrogen and oxygen atoms in total. The number of hydrogen-bond donors (Lipinski definition) is 3. The summed E-state index contributed by atoms with van der Waals surface area (Å²) in [5.74, 6) is -1.35. The number of aliphatic hydroxyl groups is 1. The molecule has 0 fully saturated rings. The van der Waals surface area contributed by atoms with E-state index in [1.807, 2.05) is 6.07 Å². The second kappa shape index (κ2) is 8.86. The molecule has 3 aromatic rings. The lowest BCUT2D eigenvalue weighted by Gasteiger charge is -2.35. The number of pyridine rings is 2. The molecule has 0 saturated carbocycles. The third-order valence-corrected chi connectivity index (χ3v) is 6.45. The van der Waals surface area contributed by atoms with Crippen LogP contribution in [0.4, 0.5) is 11.4 Å². The Morgan fingerprint density at radius 3 is 2.80 bits per heavy atom. The van der Waals surface area contributed by atoms with Gasteiger partial charge in [-0.05, 0) is 24.6 Å². The van der Waals surface area contributed by atoms with Crippen molar-refractivity contribution >= 4 is 46.6 Å². The van der Waals surface area contributed by atoms with Crippen LogP contribution in [0.5, 0.6) is 0 Å². The number of nitrogens with two attached hydrogens (primary N) is 1. The number of nitrogens with zero attached hydrogens (tertiary/aromatic N) is 2. The number of aromatic nitrogens is 2. The van der Waals surface area contributed by atoms with Crippen LogP contribution in [0.1, 0.15) is 37.0 Å². The summed E-state index contributed by atoms with van der Waals surface area (Å²) in [6.45, 7) is 3.13. The zero-order valence-corrected chi connectivity index (χ0v) is 20.0. The lowest BCUT2D eigenvalue weighted by Crippen LogP contribution is -2.47. The Balaban J connectivity index is 0.00000289. The minimum atomic E-state index is -1.70. The molecule has 0 amide bonds. The molecular weight excluding hydrogens is 476 g/mol. The third-order valence-electron chi connectivity index (χ3n) is 6.45. The lowest BCUT2D eigenvalue weighted by atomic mass is 9.85. The normalized spacial score (nSPS) is 17.6. The van der Waals surface area contributed by atoms with Crippen LogP contribution in [0.2, 0.25) is 0 Å². The number of nitrogens with one attached hydrogen (secondary N) is 1. The number of benzene rings is 1. The highest BCUT2D eigenvalue weighted by Gasteiger charge is 2.50. The molecular formula is C24H25ClN4O6. The Morgan fingerprint density at radius 1 is 1.34 bits per heavy atom. The summed E-state index contributed by atoms with van der Waals surface area (Å²) < 4.78 is 12.3. The maximum Gasteiger partial charge on any atom is 0.355 e. The molecule has 0 spiro atoms. The van der Waals surface area contributed by atoms with Crippen LogP contribution in [0.25, 0.3) is 22.3 Å². The first-order valence-corrected chi connectivity index (χ1v) is 11.0. The number of anilines is 2. The molecule has 2 aliphatic rings. The molecule has 0 bridgehead atoms. The molecule has 35 heavy (non-hydrogen) atoms. The number of esters is 2. The Labute approximate surface area is 206 Å². The van der Waals surface area contributed by atoms with E-state index in [0.29, 0.717) is 39.2 Å². The number of carbonyl (C=O) groups is 2. The molecule has 184 valence electrons. The molecule has 5 rings (SSSR count). The minimum Gasteiger partial charge on any atom is -0.457 e. The highest BCUT2D eigenvalue weighted by atomic mass is 35.5. The van der Waals surface area contributed by atoms with E-state index in [9.17, 15) is 19.5 Å². The van der Waals surface area contributed by atoms with E-state index in [4.69, 9.17) is 20.2 Å². The standard InChI is InChI=1S/C24H24N4O6.ClH/c1-3-24(34-12(2)30)15-9-18-20-13(10-28(18)22(31)14(15)11-33-23(24)32)21(26-7-8-29)19-16(25)5-4-6-17(19)27-20;/h4-6,9,29H,3,7-8,10-11,25H2,1-2H3,(H,26,27);1H/t24-;/m0./s1. The van der Waals surface area contributed by atoms with Gasteiger partial charge in [-0.3, -0.25) is 9.59 Å². The molecule has 1 atom stereocenters. The van der Waals surface area contributed by atoms with Crippen LogP contribution in [-0.2, 0) is 37.8 Å². The summed E-state index contributed by atoms with van der Waals surface area (Å²) in [5.41, 5.74) is 8.48. The number of halogens is 1. The number of cyclic esters (lactones) is 1. The first kappa shape index (κ1) is 24.5. The quantitative estimate of drug-likeness (QED) is 0.277.